The molecule has 0 spiro atoms. The molecule has 10 nitrogen and oxygen atoms in total. The van der Waals surface area contributed by atoms with Crippen LogP contribution in [0.25, 0.3) is 10.9 Å². The van der Waals surface area contributed by atoms with E-state index >= 15 is 0 Å². The van der Waals surface area contributed by atoms with Crippen LogP contribution in [0.5, 0.6) is 17.2 Å². The van der Waals surface area contributed by atoms with Gasteiger partial charge in [-0.1, -0.05) is 29.3 Å². The number of carbonyl (C=O) groups excluding carboxylic acids is 1. The van der Waals surface area contributed by atoms with Gasteiger partial charge in [-0.15, -0.1) is 0 Å². The number of nitrogens with one attached hydrogen (secondary N) is 1. The van der Waals surface area contributed by atoms with E-state index in [1.165, 1.54) is 0 Å². The zero-order valence-electron chi connectivity index (χ0n) is 27.9. The first-order chi connectivity index (χ1) is 23.8. The van der Waals surface area contributed by atoms with Crippen molar-refractivity contribution in [3.05, 3.63) is 88.6 Å². The summed E-state index contributed by atoms with van der Waals surface area (Å²) in [5.74, 6) is 1.72. The minimum absolute atomic E-state index is 0.0933. The summed E-state index contributed by atoms with van der Waals surface area (Å²) in [6.45, 7) is 6.28. The summed E-state index contributed by atoms with van der Waals surface area (Å²) in [5.41, 5.74) is 10.8. The molecule has 0 radical (unpaired) electrons. The van der Waals surface area contributed by atoms with Gasteiger partial charge in [0.05, 0.1) is 34.1 Å². The summed E-state index contributed by atoms with van der Waals surface area (Å²) >= 11 is 6.69. The monoisotopic (exact) mass is 680 g/mol. The van der Waals surface area contributed by atoms with E-state index in [9.17, 15) is 10.1 Å². The number of fused-ring (bicyclic) bond motifs is 1. The average Bonchev–Trinajstić information content (AvgIpc) is 3.10. The van der Waals surface area contributed by atoms with Crippen LogP contribution in [-0.4, -0.2) is 61.7 Å². The van der Waals surface area contributed by atoms with Gasteiger partial charge < -0.3 is 35.1 Å². The van der Waals surface area contributed by atoms with Gasteiger partial charge in [0.25, 0.3) is 0 Å². The van der Waals surface area contributed by atoms with E-state index < -0.39 is 5.91 Å². The normalized spacial score (nSPS) is 15.5. The number of carbonyl (C=O) groups is 1. The molecular formula is C38H41ClN6O4. The Hall–Kier alpha value is -4.98. The molecule has 0 saturated carbocycles. The lowest BCUT2D eigenvalue weighted by Gasteiger charge is -2.34. The van der Waals surface area contributed by atoms with Gasteiger partial charge in [0.1, 0.15) is 36.0 Å². The molecule has 2 aliphatic rings. The zero-order valence-corrected chi connectivity index (χ0v) is 28.6. The fraction of sp³-hybridized carbons (Fsp3) is 0.342. The van der Waals surface area contributed by atoms with Crippen LogP contribution >= 0.6 is 11.6 Å². The second-order valence-corrected chi connectivity index (χ2v) is 12.9. The van der Waals surface area contributed by atoms with E-state index in [0.717, 1.165) is 72.5 Å². The molecule has 3 aromatic carbocycles. The van der Waals surface area contributed by atoms with Gasteiger partial charge in [-0.05, 0) is 81.6 Å². The SMILES string of the molecule is CCOc1ccc(COc2ccc(Nc3c(C#N)cnc4cc(OC5CCN(C)CC5)c(N5CCC(=CC(N)=O)CC5)cc34)cc2Cl)cc1. The van der Waals surface area contributed by atoms with Crippen LogP contribution in [0.1, 0.15) is 43.7 Å². The molecule has 1 aromatic heterocycles. The molecule has 3 heterocycles. The number of piperidine rings is 2. The first-order valence-corrected chi connectivity index (χ1v) is 17.0. The van der Waals surface area contributed by atoms with Crippen molar-refractivity contribution >= 4 is 45.5 Å². The quantitative estimate of drug-likeness (QED) is 0.162. The summed E-state index contributed by atoms with van der Waals surface area (Å²) in [7, 11) is 2.13. The summed E-state index contributed by atoms with van der Waals surface area (Å²) in [5, 5.41) is 14.8. The molecule has 2 fully saturated rings. The van der Waals surface area contributed by atoms with Crippen molar-refractivity contribution in [3.8, 4) is 23.3 Å². The molecule has 2 aliphatic heterocycles. The number of ether oxygens (including phenoxy) is 3. The number of primary amides is 1. The Morgan fingerprint density at radius 3 is 2.49 bits per heavy atom. The second kappa shape index (κ2) is 15.5. The number of nitrogens with two attached hydrogens (primary N) is 1. The molecule has 3 N–H and O–H groups in total. The molecule has 0 aliphatic carbocycles. The average molecular weight is 681 g/mol. The molecule has 6 rings (SSSR count). The molecule has 2 saturated heterocycles. The van der Waals surface area contributed by atoms with E-state index in [0.29, 0.717) is 59.5 Å². The van der Waals surface area contributed by atoms with Gasteiger partial charge in [-0.25, -0.2) is 0 Å². The van der Waals surface area contributed by atoms with E-state index in [1.54, 1.807) is 18.3 Å². The van der Waals surface area contributed by atoms with E-state index in [2.05, 4.69) is 39.3 Å². The lowest BCUT2D eigenvalue weighted by Crippen LogP contribution is -2.36. The standard InChI is InChI=1S/C38H41ClN6O4/c1-3-47-29-7-4-26(5-8-29)24-48-35-9-6-28(19-32(35)39)43-38-27(22-40)23-42-33-21-36(49-30-12-14-44(2)15-13-30)34(20-31(33)38)45-16-10-25(11-17-45)18-37(41)46/h4-9,18-21,23,30H,3,10-17,24H2,1-2H3,(H2,41,46)(H,42,43). The Morgan fingerprint density at radius 1 is 1.06 bits per heavy atom. The maximum atomic E-state index is 11.5. The lowest BCUT2D eigenvalue weighted by atomic mass is 10.0. The number of nitrogens with zero attached hydrogens (tertiary/aromatic N) is 4. The highest BCUT2D eigenvalue weighted by atomic mass is 35.5. The predicted molar refractivity (Wildman–Crippen MR) is 193 cm³/mol. The molecule has 0 unspecified atom stereocenters. The Bertz CT molecular complexity index is 1870. The van der Waals surface area contributed by atoms with E-state index in [4.69, 9.17) is 31.5 Å². The first kappa shape index (κ1) is 33.9. The third kappa shape index (κ3) is 8.37. The highest BCUT2D eigenvalue weighted by molar-refractivity contribution is 6.32. The maximum absolute atomic E-state index is 11.5. The summed E-state index contributed by atoms with van der Waals surface area (Å²) in [6, 6.07) is 19.6. The number of pyridine rings is 1. The van der Waals surface area contributed by atoms with Crippen molar-refractivity contribution in [1.82, 2.24) is 9.88 Å². The van der Waals surface area contributed by atoms with Gasteiger partial charge in [-0.2, -0.15) is 5.26 Å². The fourth-order valence-corrected chi connectivity index (χ4v) is 6.52. The van der Waals surface area contributed by atoms with Crippen molar-refractivity contribution in [3.63, 3.8) is 0 Å². The molecular weight excluding hydrogens is 640 g/mol. The molecule has 11 heteroatoms. The number of benzene rings is 3. The third-order valence-corrected chi connectivity index (χ3v) is 9.25. The Morgan fingerprint density at radius 2 is 1.82 bits per heavy atom. The molecule has 49 heavy (non-hydrogen) atoms. The number of aromatic nitrogens is 1. The highest BCUT2D eigenvalue weighted by Crippen LogP contribution is 2.41. The number of amides is 1. The smallest absolute Gasteiger partial charge is 0.241 e. The van der Waals surface area contributed by atoms with Crippen LogP contribution in [0, 0.1) is 11.3 Å². The summed E-state index contributed by atoms with van der Waals surface area (Å²) in [4.78, 5) is 20.8. The topological polar surface area (TPSA) is 126 Å². The van der Waals surface area contributed by atoms with Crippen LogP contribution < -0.4 is 30.2 Å². The van der Waals surface area contributed by atoms with Crippen LogP contribution in [0.4, 0.5) is 17.1 Å². The number of anilines is 3. The number of hydrogen-bond acceptors (Lipinski definition) is 9. The van der Waals surface area contributed by atoms with Crippen molar-refractivity contribution in [2.24, 2.45) is 5.73 Å². The minimum atomic E-state index is -0.418. The third-order valence-electron chi connectivity index (χ3n) is 8.95. The minimum Gasteiger partial charge on any atom is -0.494 e. The van der Waals surface area contributed by atoms with Crippen LogP contribution in [0.2, 0.25) is 5.02 Å². The van der Waals surface area contributed by atoms with Gasteiger partial charge in [0.15, 0.2) is 0 Å². The number of hydrogen-bond donors (Lipinski definition) is 2. The van der Waals surface area contributed by atoms with Crippen molar-refractivity contribution in [2.45, 2.75) is 45.3 Å². The lowest BCUT2D eigenvalue weighted by molar-refractivity contribution is -0.113. The zero-order chi connectivity index (χ0) is 34.3. The largest absolute Gasteiger partial charge is 0.494 e. The maximum Gasteiger partial charge on any atom is 0.241 e. The summed E-state index contributed by atoms with van der Waals surface area (Å²) in [6.07, 6.45) is 6.54. The number of halogens is 1. The van der Waals surface area contributed by atoms with Crippen LogP contribution in [0.3, 0.4) is 0 Å². The van der Waals surface area contributed by atoms with Crippen molar-refractivity contribution < 1.29 is 19.0 Å². The second-order valence-electron chi connectivity index (χ2n) is 12.4. The van der Waals surface area contributed by atoms with Gasteiger partial charge in [0, 0.05) is 55.6 Å². The molecule has 4 aromatic rings. The van der Waals surface area contributed by atoms with Crippen LogP contribution in [-0.2, 0) is 11.4 Å². The Labute approximate surface area is 292 Å². The first-order valence-electron chi connectivity index (χ1n) is 16.7. The molecule has 0 bridgehead atoms. The number of rotatable bonds is 11. The van der Waals surface area contributed by atoms with Crippen molar-refractivity contribution in [1.29, 1.82) is 5.26 Å². The fourth-order valence-electron chi connectivity index (χ4n) is 6.28. The molecule has 254 valence electrons. The van der Waals surface area contributed by atoms with Crippen molar-refractivity contribution in [2.75, 3.05) is 50.1 Å². The Balaban J connectivity index is 1.28. The van der Waals surface area contributed by atoms with Gasteiger partial charge in [0.2, 0.25) is 5.91 Å². The number of likely N-dealkylation sites (tertiary alicyclic amines) is 1. The highest BCUT2D eigenvalue weighted by Gasteiger charge is 2.25. The van der Waals surface area contributed by atoms with Gasteiger partial charge >= 0.3 is 0 Å². The van der Waals surface area contributed by atoms with E-state index in [1.807, 2.05) is 49.4 Å². The Kier molecular flexibility index (Phi) is 10.7. The molecule has 0 atom stereocenters. The summed E-state index contributed by atoms with van der Waals surface area (Å²) < 4.78 is 18.2. The van der Waals surface area contributed by atoms with Crippen LogP contribution in [0.15, 0.2) is 72.4 Å². The molecule has 1 amide bonds. The van der Waals surface area contributed by atoms with E-state index in [-0.39, 0.29) is 6.10 Å². The predicted octanol–water partition coefficient (Wildman–Crippen LogP) is 6.97. The number of nitriles is 1. The van der Waals surface area contributed by atoms with Gasteiger partial charge in [-0.3, -0.25) is 9.78 Å².